The Labute approximate surface area is 146 Å². The Balaban J connectivity index is 1.65. The lowest BCUT2D eigenvalue weighted by molar-refractivity contribution is -0.141. The van der Waals surface area contributed by atoms with Crippen LogP contribution in [0.5, 0.6) is 0 Å². The predicted molar refractivity (Wildman–Crippen MR) is 89.1 cm³/mol. The van der Waals surface area contributed by atoms with Crippen LogP contribution in [0.1, 0.15) is 48.6 Å². The van der Waals surface area contributed by atoms with Gasteiger partial charge in [-0.05, 0) is 43.5 Å². The molecule has 1 aromatic rings. The molecule has 3 aliphatic heterocycles. The molecule has 2 saturated heterocycles. The molecule has 3 aliphatic rings. The van der Waals surface area contributed by atoms with E-state index in [1.54, 1.807) is 4.90 Å². The molecule has 134 valence electrons. The third kappa shape index (κ3) is 2.77. The first-order valence-corrected chi connectivity index (χ1v) is 8.82. The number of fused-ring (bicyclic) bond motifs is 1. The molecule has 0 aromatic heterocycles. The standard InChI is InChI=1S/C18H23N3O4/c22-15-5-4-14(16(23)20-15)21-10-12-11(17(21)24)2-1-3-13(12)18(25)6-8-19-9-7-18/h1-3,14,17,19,24-25H,4-10H2,(H,20,22,23). The first-order chi connectivity index (χ1) is 12.0. The summed E-state index contributed by atoms with van der Waals surface area (Å²) in [5.74, 6) is -0.623. The van der Waals surface area contributed by atoms with Gasteiger partial charge in [0.15, 0.2) is 0 Å². The summed E-state index contributed by atoms with van der Waals surface area (Å²) in [6, 6.07) is 5.09. The van der Waals surface area contributed by atoms with Crippen LogP contribution in [0, 0.1) is 0 Å². The van der Waals surface area contributed by atoms with Crippen LogP contribution in [0.4, 0.5) is 0 Å². The van der Waals surface area contributed by atoms with Crippen molar-refractivity contribution >= 4 is 11.8 Å². The molecule has 2 unspecified atom stereocenters. The second-order valence-electron chi connectivity index (χ2n) is 7.17. The third-order valence-electron chi connectivity index (χ3n) is 5.69. The molecule has 2 amide bonds. The van der Waals surface area contributed by atoms with E-state index in [4.69, 9.17) is 0 Å². The largest absolute Gasteiger partial charge is 0.385 e. The van der Waals surface area contributed by atoms with Crippen LogP contribution in [-0.4, -0.2) is 46.1 Å². The van der Waals surface area contributed by atoms with Gasteiger partial charge in [0.05, 0.1) is 11.6 Å². The zero-order valence-corrected chi connectivity index (χ0v) is 14.0. The zero-order chi connectivity index (χ0) is 17.6. The highest BCUT2D eigenvalue weighted by molar-refractivity contribution is 6.00. The molecular weight excluding hydrogens is 322 g/mol. The average molecular weight is 345 g/mol. The molecule has 7 heteroatoms. The van der Waals surface area contributed by atoms with Crippen molar-refractivity contribution in [1.29, 1.82) is 0 Å². The Hall–Kier alpha value is -1.80. The van der Waals surface area contributed by atoms with Gasteiger partial charge in [-0.25, -0.2) is 0 Å². The van der Waals surface area contributed by atoms with Gasteiger partial charge in [0.25, 0.3) is 0 Å². The van der Waals surface area contributed by atoms with E-state index < -0.39 is 17.9 Å². The summed E-state index contributed by atoms with van der Waals surface area (Å²) in [4.78, 5) is 25.3. The lowest BCUT2D eigenvalue weighted by Gasteiger charge is -2.34. The van der Waals surface area contributed by atoms with Crippen LogP contribution in [-0.2, 0) is 21.7 Å². The van der Waals surface area contributed by atoms with Gasteiger partial charge >= 0.3 is 0 Å². The number of hydrogen-bond donors (Lipinski definition) is 4. The summed E-state index contributed by atoms with van der Waals surface area (Å²) in [6.07, 6.45) is 1.03. The van der Waals surface area contributed by atoms with E-state index >= 15 is 0 Å². The van der Waals surface area contributed by atoms with E-state index in [9.17, 15) is 19.8 Å². The summed E-state index contributed by atoms with van der Waals surface area (Å²) < 4.78 is 0. The second kappa shape index (κ2) is 6.17. The van der Waals surface area contributed by atoms with Gasteiger partial charge in [-0.3, -0.25) is 19.8 Å². The maximum atomic E-state index is 12.2. The smallest absolute Gasteiger partial charge is 0.244 e. The summed E-state index contributed by atoms with van der Waals surface area (Å²) in [6.45, 7) is 1.90. The van der Waals surface area contributed by atoms with Gasteiger partial charge in [-0.15, -0.1) is 0 Å². The molecule has 4 N–H and O–H groups in total. The van der Waals surface area contributed by atoms with Gasteiger partial charge in [-0.1, -0.05) is 18.2 Å². The number of nitrogens with zero attached hydrogens (tertiary/aromatic N) is 1. The monoisotopic (exact) mass is 345 g/mol. The molecule has 2 atom stereocenters. The van der Waals surface area contributed by atoms with Crippen molar-refractivity contribution in [1.82, 2.24) is 15.5 Å². The van der Waals surface area contributed by atoms with E-state index in [1.165, 1.54) is 0 Å². The fraction of sp³-hybridized carbons (Fsp3) is 0.556. The Morgan fingerprint density at radius 3 is 2.68 bits per heavy atom. The zero-order valence-electron chi connectivity index (χ0n) is 14.0. The van der Waals surface area contributed by atoms with E-state index in [-0.39, 0.29) is 18.2 Å². The quantitative estimate of drug-likeness (QED) is 0.557. The fourth-order valence-corrected chi connectivity index (χ4v) is 4.30. The predicted octanol–water partition coefficient (Wildman–Crippen LogP) is -0.131. The van der Waals surface area contributed by atoms with Crippen LogP contribution in [0.25, 0.3) is 0 Å². The minimum atomic E-state index is -0.906. The van der Waals surface area contributed by atoms with Crippen molar-refractivity contribution in [2.24, 2.45) is 0 Å². The Bertz CT molecular complexity index is 714. The SMILES string of the molecule is O=C1CCC(N2Cc3c(cccc3C3(O)CCNCC3)C2O)C(=O)N1. The number of aliphatic hydroxyl groups excluding tert-OH is 1. The number of imide groups is 1. The van der Waals surface area contributed by atoms with Crippen LogP contribution >= 0.6 is 0 Å². The molecule has 0 bridgehead atoms. The molecule has 25 heavy (non-hydrogen) atoms. The Morgan fingerprint density at radius 1 is 1.20 bits per heavy atom. The number of benzene rings is 1. The first-order valence-electron chi connectivity index (χ1n) is 8.82. The fourth-order valence-electron chi connectivity index (χ4n) is 4.30. The van der Waals surface area contributed by atoms with E-state index in [0.717, 1.165) is 29.8 Å². The lowest BCUT2D eigenvalue weighted by atomic mass is 9.81. The van der Waals surface area contributed by atoms with Gasteiger partial charge in [0, 0.05) is 18.5 Å². The third-order valence-corrected chi connectivity index (χ3v) is 5.69. The van der Waals surface area contributed by atoms with Crippen molar-refractivity contribution in [3.05, 3.63) is 34.9 Å². The van der Waals surface area contributed by atoms with Crippen LogP contribution in [0.15, 0.2) is 18.2 Å². The molecule has 0 saturated carbocycles. The van der Waals surface area contributed by atoms with Crippen molar-refractivity contribution in [2.75, 3.05) is 13.1 Å². The number of amides is 2. The molecule has 3 heterocycles. The van der Waals surface area contributed by atoms with Crippen molar-refractivity contribution < 1.29 is 19.8 Å². The lowest BCUT2D eigenvalue weighted by Crippen LogP contribution is -2.51. The van der Waals surface area contributed by atoms with Gasteiger partial charge in [-0.2, -0.15) is 0 Å². The number of carbonyl (C=O) groups excluding carboxylic acids is 2. The number of piperidine rings is 2. The van der Waals surface area contributed by atoms with Crippen molar-refractivity contribution in [2.45, 2.75) is 50.1 Å². The van der Waals surface area contributed by atoms with Gasteiger partial charge < -0.3 is 15.5 Å². The molecule has 1 aromatic carbocycles. The highest BCUT2D eigenvalue weighted by Gasteiger charge is 2.43. The average Bonchev–Trinajstić information content (AvgIpc) is 2.92. The first kappa shape index (κ1) is 16.7. The maximum Gasteiger partial charge on any atom is 0.244 e. The van der Waals surface area contributed by atoms with Crippen molar-refractivity contribution in [3.63, 3.8) is 0 Å². The number of nitrogens with one attached hydrogen (secondary N) is 2. The Morgan fingerprint density at radius 2 is 1.96 bits per heavy atom. The van der Waals surface area contributed by atoms with Gasteiger partial charge in [0.2, 0.25) is 11.8 Å². The Kier molecular flexibility index (Phi) is 4.11. The number of carbonyl (C=O) groups is 2. The minimum absolute atomic E-state index is 0.267. The summed E-state index contributed by atoms with van der Waals surface area (Å²) in [7, 11) is 0. The minimum Gasteiger partial charge on any atom is -0.385 e. The molecule has 2 fully saturated rings. The van der Waals surface area contributed by atoms with Crippen LogP contribution in [0.2, 0.25) is 0 Å². The maximum absolute atomic E-state index is 12.2. The summed E-state index contributed by atoms with van der Waals surface area (Å²) in [5.41, 5.74) is 1.59. The van der Waals surface area contributed by atoms with Crippen LogP contribution in [0.3, 0.4) is 0 Å². The molecule has 0 radical (unpaired) electrons. The second-order valence-corrected chi connectivity index (χ2v) is 7.17. The highest BCUT2D eigenvalue weighted by atomic mass is 16.3. The van der Waals surface area contributed by atoms with Crippen molar-refractivity contribution in [3.8, 4) is 0 Å². The summed E-state index contributed by atoms with van der Waals surface area (Å²) in [5, 5.41) is 27.5. The number of hydrogen-bond acceptors (Lipinski definition) is 6. The highest BCUT2D eigenvalue weighted by Crippen LogP contribution is 2.42. The molecule has 0 aliphatic carbocycles. The molecule has 7 nitrogen and oxygen atoms in total. The van der Waals surface area contributed by atoms with Gasteiger partial charge in [0.1, 0.15) is 6.23 Å². The normalized spacial score (nSPS) is 29.4. The van der Waals surface area contributed by atoms with E-state index in [0.29, 0.717) is 25.8 Å². The van der Waals surface area contributed by atoms with E-state index in [1.807, 2.05) is 18.2 Å². The van der Waals surface area contributed by atoms with E-state index in [2.05, 4.69) is 10.6 Å². The number of aliphatic hydroxyl groups is 2. The topological polar surface area (TPSA) is 102 Å². The molecule has 4 rings (SSSR count). The summed E-state index contributed by atoms with van der Waals surface area (Å²) >= 11 is 0. The molecule has 0 spiro atoms. The van der Waals surface area contributed by atoms with Crippen LogP contribution < -0.4 is 10.6 Å². The number of rotatable bonds is 2. The molecular formula is C18H23N3O4.